The molecular formula is C29H30F3N3O2. The smallest absolute Gasteiger partial charge is 0.185 e. The Labute approximate surface area is 214 Å². The van der Waals surface area contributed by atoms with Crippen molar-refractivity contribution < 1.29 is 22.7 Å². The van der Waals surface area contributed by atoms with Gasteiger partial charge in [0.15, 0.2) is 5.78 Å². The summed E-state index contributed by atoms with van der Waals surface area (Å²) in [5, 5.41) is 0. The van der Waals surface area contributed by atoms with Gasteiger partial charge in [-0.1, -0.05) is 6.92 Å². The lowest BCUT2D eigenvalue weighted by atomic mass is 9.75. The number of benzene rings is 1. The lowest BCUT2D eigenvalue weighted by molar-refractivity contribution is 0.0987. The lowest BCUT2D eigenvalue weighted by Gasteiger charge is -2.32. The second kappa shape index (κ2) is 10.7. The van der Waals surface area contributed by atoms with Crippen LogP contribution in [0.3, 0.4) is 0 Å². The summed E-state index contributed by atoms with van der Waals surface area (Å²) in [7, 11) is 0. The number of ether oxygens (including phenoxy) is 1. The number of carbonyl (C=O) groups is 1. The van der Waals surface area contributed by atoms with Gasteiger partial charge in [-0.05, 0) is 84.5 Å². The Morgan fingerprint density at radius 1 is 1.05 bits per heavy atom. The van der Waals surface area contributed by atoms with E-state index < -0.39 is 28.7 Å². The summed E-state index contributed by atoms with van der Waals surface area (Å²) in [6, 6.07) is 6.69. The number of ketones is 1. The first-order chi connectivity index (χ1) is 17.8. The van der Waals surface area contributed by atoms with Crippen LogP contribution in [0.25, 0.3) is 11.3 Å². The van der Waals surface area contributed by atoms with Gasteiger partial charge in [0.1, 0.15) is 28.8 Å². The van der Waals surface area contributed by atoms with Gasteiger partial charge in [-0.2, -0.15) is 0 Å². The molecule has 3 heterocycles. The van der Waals surface area contributed by atoms with Crippen molar-refractivity contribution in [2.75, 3.05) is 13.2 Å². The molecule has 4 atom stereocenters. The first kappa shape index (κ1) is 25.5. The summed E-state index contributed by atoms with van der Waals surface area (Å²) < 4.78 is 50.1. The second-order valence-corrected chi connectivity index (χ2v) is 10.4. The predicted molar refractivity (Wildman–Crippen MR) is 134 cm³/mol. The maximum absolute atomic E-state index is 15.0. The number of rotatable bonds is 6. The van der Waals surface area contributed by atoms with Crippen molar-refractivity contribution in [2.24, 2.45) is 11.7 Å². The summed E-state index contributed by atoms with van der Waals surface area (Å²) in [5.41, 5.74) is 7.33. The van der Waals surface area contributed by atoms with Crippen LogP contribution in [0.15, 0.2) is 42.7 Å². The Balaban J connectivity index is 1.42. The molecule has 0 amide bonds. The number of pyridine rings is 2. The monoisotopic (exact) mass is 509 g/mol. The van der Waals surface area contributed by atoms with E-state index in [9.17, 15) is 9.18 Å². The van der Waals surface area contributed by atoms with Crippen molar-refractivity contribution >= 4 is 5.78 Å². The summed E-state index contributed by atoms with van der Waals surface area (Å²) in [5.74, 6) is -2.55. The first-order valence-electron chi connectivity index (χ1n) is 12.7. The maximum atomic E-state index is 15.0. The van der Waals surface area contributed by atoms with E-state index in [2.05, 4.69) is 16.9 Å². The van der Waals surface area contributed by atoms with E-state index in [1.807, 2.05) is 6.07 Å². The zero-order valence-electron chi connectivity index (χ0n) is 20.7. The van der Waals surface area contributed by atoms with Crippen molar-refractivity contribution in [2.45, 2.75) is 56.9 Å². The Kier molecular flexibility index (Phi) is 7.40. The van der Waals surface area contributed by atoms with Gasteiger partial charge in [0, 0.05) is 37.4 Å². The van der Waals surface area contributed by atoms with Crippen LogP contribution in [0, 0.1) is 23.4 Å². The fourth-order valence-electron chi connectivity index (χ4n) is 5.78. The molecule has 194 valence electrons. The van der Waals surface area contributed by atoms with Crippen LogP contribution in [0.5, 0.6) is 0 Å². The minimum atomic E-state index is -0.921. The molecule has 2 aromatic heterocycles. The van der Waals surface area contributed by atoms with Crippen LogP contribution in [-0.2, 0) is 11.2 Å². The van der Waals surface area contributed by atoms with Gasteiger partial charge >= 0.3 is 0 Å². The van der Waals surface area contributed by atoms with Gasteiger partial charge in [-0.25, -0.2) is 18.2 Å². The summed E-state index contributed by atoms with van der Waals surface area (Å²) in [6.07, 6.45) is 6.79. The quantitative estimate of drug-likeness (QED) is 0.430. The zero-order valence-corrected chi connectivity index (χ0v) is 20.7. The average molecular weight is 510 g/mol. The molecule has 2 N–H and O–H groups in total. The van der Waals surface area contributed by atoms with E-state index in [4.69, 9.17) is 10.5 Å². The van der Waals surface area contributed by atoms with Gasteiger partial charge in [0.2, 0.25) is 0 Å². The fourth-order valence-corrected chi connectivity index (χ4v) is 5.78. The van der Waals surface area contributed by atoms with E-state index in [1.54, 1.807) is 12.4 Å². The lowest BCUT2D eigenvalue weighted by Crippen LogP contribution is -2.31. The predicted octanol–water partition coefficient (Wildman–Crippen LogP) is 5.72. The average Bonchev–Trinajstić information content (AvgIpc) is 3.39. The molecule has 1 aromatic carbocycles. The summed E-state index contributed by atoms with van der Waals surface area (Å²) in [6.45, 7) is 3.09. The molecule has 3 aromatic rings. The number of hydrogen-bond donors (Lipinski definition) is 1. The van der Waals surface area contributed by atoms with E-state index >= 15 is 8.78 Å². The van der Waals surface area contributed by atoms with E-state index in [1.165, 1.54) is 18.2 Å². The molecule has 0 spiro atoms. The number of nitrogens with zero attached hydrogens (tertiary/aromatic N) is 2. The molecule has 5 rings (SSSR count). The number of aromatic nitrogens is 2. The first-order valence-corrected chi connectivity index (χ1v) is 12.7. The molecular weight excluding hydrogens is 479 g/mol. The van der Waals surface area contributed by atoms with Crippen LogP contribution in [0.2, 0.25) is 0 Å². The number of halogens is 3. The molecule has 1 aliphatic carbocycles. The molecule has 0 unspecified atom stereocenters. The molecule has 0 radical (unpaired) electrons. The van der Waals surface area contributed by atoms with Gasteiger partial charge in [-0.15, -0.1) is 0 Å². The van der Waals surface area contributed by atoms with Gasteiger partial charge in [-0.3, -0.25) is 9.78 Å². The third kappa shape index (κ3) is 5.45. The molecule has 5 nitrogen and oxygen atoms in total. The van der Waals surface area contributed by atoms with E-state index in [0.717, 1.165) is 36.5 Å². The number of carbonyl (C=O) groups excluding carboxylic acids is 1. The fraction of sp³-hybridized carbons (Fsp3) is 0.414. The Morgan fingerprint density at radius 2 is 1.84 bits per heavy atom. The highest BCUT2D eigenvalue weighted by atomic mass is 19.1. The highest BCUT2D eigenvalue weighted by Crippen LogP contribution is 2.37. The van der Waals surface area contributed by atoms with Gasteiger partial charge < -0.3 is 10.5 Å². The standard InChI is InChI=1S/C29H30F3N3O2/c1-16-8-19(10-21(33)9-16)22-4-6-34-14-20(22)13-27(36)26-3-2-23(30)29(35-26)28-24(31)11-18(12-25(28)32)17-5-7-37-15-17/h2-4,6,11-12,14,16-17,19,21H,5,7-10,13,15,33H2,1H3/t16-,17+,19+,21-/m0/s1. The summed E-state index contributed by atoms with van der Waals surface area (Å²) >= 11 is 0. The van der Waals surface area contributed by atoms with Crippen LogP contribution >= 0.6 is 0 Å². The highest BCUT2D eigenvalue weighted by molar-refractivity contribution is 5.96. The molecule has 1 saturated heterocycles. The SMILES string of the molecule is C[C@@H]1C[C@H](N)C[C@H](c2ccncc2CC(=O)c2ccc(F)c(-c3c(F)cc([C@@H]4CCOC4)cc3F)n2)C1. The molecule has 8 heteroatoms. The van der Waals surface area contributed by atoms with Crippen LogP contribution < -0.4 is 5.73 Å². The van der Waals surface area contributed by atoms with Crippen LogP contribution in [0.4, 0.5) is 13.2 Å². The van der Waals surface area contributed by atoms with Crippen LogP contribution in [-0.4, -0.2) is 35.0 Å². The molecule has 1 aliphatic heterocycles. The normalized spacial score (nSPS) is 23.8. The number of hydrogen-bond acceptors (Lipinski definition) is 5. The van der Waals surface area contributed by atoms with Crippen LogP contribution in [0.1, 0.15) is 71.6 Å². The Bertz CT molecular complexity index is 1280. The highest BCUT2D eigenvalue weighted by Gasteiger charge is 2.28. The number of Topliss-reactive ketones (excluding diaryl/α,β-unsaturated/α-hetero) is 1. The molecule has 0 bridgehead atoms. The topological polar surface area (TPSA) is 78.1 Å². The summed E-state index contributed by atoms with van der Waals surface area (Å²) in [4.78, 5) is 21.5. The second-order valence-electron chi connectivity index (χ2n) is 10.4. The Hall–Kier alpha value is -3.10. The van der Waals surface area contributed by atoms with Crippen molar-refractivity contribution in [3.8, 4) is 11.3 Å². The van der Waals surface area contributed by atoms with Crippen molar-refractivity contribution in [3.05, 3.63) is 82.6 Å². The third-order valence-corrected chi connectivity index (χ3v) is 7.55. The molecule has 2 fully saturated rings. The van der Waals surface area contributed by atoms with Gasteiger partial charge in [0.05, 0.1) is 12.2 Å². The van der Waals surface area contributed by atoms with Crippen molar-refractivity contribution in [3.63, 3.8) is 0 Å². The minimum Gasteiger partial charge on any atom is -0.381 e. The third-order valence-electron chi connectivity index (χ3n) is 7.55. The number of nitrogens with two attached hydrogens (primary N) is 1. The largest absolute Gasteiger partial charge is 0.381 e. The van der Waals surface area contributed by atoms with E-state index in [-0.39, 0.29) is 35.8 Å². The molecule has 1 saturated carbocycles. The molecule has 2 aliphatic rings. The Morgan fingerprint density at radius 3 is 2.54 bits per heavy atom. The van der Waals surface area contributed by atoms with Gasteiger partial charge in [0.25, 0.3) is 0 Å². The minimum absolute atomic E-state index is 0.00700. The van der Waals surface area contributed by atoms with Crippen molar-refractivity contribution in [1.29, 1.82) is 0 Å². The van der Waals surface area contributed by atoms with Crippen molar-refractivity contribution in [1.82, 2.24) is 9.97 Å². The van der Waals surface area contributed by atoms with E-state index in [0.29, 0.717) is 31.1 Å². The maximum Gasteiger partial charge on any atom is 0.185 e. The zero-order chi connectivity index (χ0) is 26.1. The molecule has 37 heavy (non-hydrogen) atoms.